The molecule has 0 unspecified atom stereocenters. The molecule has 2 saturated heterocycles. The number of aryl methyl sites for hydroxylation is 1. The van der Waals surface area contributed by atoms with Crippen LogP contribution in [0.3, 0.4) is 0 Å². The van der Waals surface area contributed by atoms with Crippen molar-refractivity contribution in [2.45, 2.75) is 85.0 Å². The molecule has 0 saturated carbocycles. The summed E-state index contributed by atoms with van der Waals surface area (Å²) >= 11 is 0. The lowest BCUT2D eigenvalue weighted by molar-refractivity contribution is 0.0247. The Kier molecular flexibility index (Phi) is 11.7. The predicted octanol–water partition coefficient (Wildman–Crippen LogP) is 5.41. The van der Waals surface area contributed by atoms with Gasteiger partial charge in [0.15, 0.2) is 0 Å². The van der Waals surface area contributed by atoms with Crippen molar-refractivity contribution in [3.8, 4) is 17.6 Å². The molecule has 2 aromatic rings. The van der Waals surface area contributed by atoms with Crippen molar-refractivity contribution in [1.82, 2.24) is 14.7 Å². The molecule has 2 N–H and O–H groups in total. The van der Waals surface area contributed by atoms with E-state index in [0.29, 0.717) is 24.6 Å². The van der Waals surface area contributed by atoms with Crippen LogP contribution in [-0.4, -0.2) is 75.8 Å². The van der Waals surface area contributed by atoms with Crippen molar-refractivity contribution >= 4 is 0 Å². The van der Waals surface area contributed by atoms with Gasteiger partial charge in [-0.3, -0.25) is 9.80 Å². The van der Waals surface area contributed by atoms with Gasteiger partial charge < -0.3 is 15.1 Å². The van der Waals surface area contributed by atoms with Gasteiger partial charge in [0.05, 0.1) is 0 Å². The number of hydrogen-bond donors (Lipinski definition) is 2. The molecule has 208 valence electrons. The van der Waals surface area contributed by atoms with Crippen molar-refractivity contribution in [3.63, 3.8) is 0 Å². The van der Waals surface area contributed by atoms with Crippen LogP contribution in [0.1, 0.15) is 75.6 Å². The molecule has 38 heavy (non-hydrogen) atoms. The van der Waals surface area contributed by atoms with Gasteiger partial charge in [0.1, 0.15) is 11.4 Å². The Morgan fingerprint density at radius 3 is 2.13 bits per heavy atom. The van der Waals surface area contributed by atoms with Crippen LogP contribution in [0, 0.1) is 18.8 Å². The highest BCUT2D eigenvalue weighted by Crippen LogP contribution is 2.28. The molecule has 5 nitrogen and oxygen atoms in total. The van der Waals surface area contributed by atoms with Gasteiger partial charge in [-0.2, -0.15) is 0 Å². The zero-order valence-electron chi connectivity index (χ0n) is 24.3. The molecule has 2 heterocycles. The topological polar surface area (TPSA) is 50.2 Å². The Morgan fingerprint density at radius 2 is 1.53 bits per heavy atom. The van der Waals surface area contributed by atoms with E-state index in [1.807, 2.05) is 39.0 Å². The van der Waals surface area contributed by atoms with Crippen molar-refractivity contribution < 1.29 is 10.2 Å². The Labute approximate surface area is 231 Å². The third-order valence-corrected chi connectivity index (χ3v) is 8.03. The molecule has 0 amide bonds. The van der Waals surface area contributed by atoms with Gasteiger partial charge in [-0.1, -0.05) is 69.9 Å². The van der Waals surface area contributed by atoms with E-state index in [2.05, 4.69) is 64.7 Å². The molecule has 2 aliphatic rings. The number of nitrogens with zero attached hydrogens (tertiary/aromatic N) is 3. The number of likely N-dealkylation sites (tertiary alicyclic amines) is 2. The molecule has 2 aliphatic heterocycles. The van der Waals surface area contributed by atoms with Gasteiger partial charge in [-0.05, 0) is 69.2 Å². The summed E-state index contributed by atoms with van der Waals surface area (Å²) in [6, 6.07) is 15.1. The first kappa shape index (κ1) is 30.2. The molecule has 4 rings (SSSR count). The summed E-state index contributed by atoms with van der Waals surface area (Å²) < 4.78 is 0. The second-order valence-corrected chi connectivity index (χ2v) is 10.6. The highest BCUT2D eigenvalue weighted by molar-refractivity contribution is 5.49. The number of piperidine rings is 2. The lowest BCUT2D eigenvalue weighted by Gasteiger charge is -2.37. The minimum Gasteiger partial charge on any atom is -0.507 e. The second kappa shape index (κ2) is 14.7. The maximum absolute atomic E-state index is 11.1. The van der Waals surface area contributed by atoms with Gasteiger partial charge in [0.25, 0.3) is 0 Å². The third kappa shape index (κ3) is 8.32. The average molecular weight is 520 g/mol. The van der Waals surface area contributed by atoms with E-state index in [9.17, 15) is 10.2 Å². The molecule has 0 aliphatic carbocycles. The average Bonchev–Trinajstić information content (AvgIpc) is 2.95. The van der Waals surface area contributed by atoms with Crippen LogP contribution in [0.25, 0.3) is 0 Å². The van der Waals surface area contributed by atoms with E-state index in [0.717, 1.165) is 69.0 Å². The monoisotopic (exact) mass is 519 g/mol. The number of hydrogen-bond acceptors (Lipinski definition) is 5. The molecule has 0 radical (unpaired) electrons. The molecule has 0 bridgehead atoms. The van der Waals surface area contributed by atoms with Gasteiger partial charge >= 0.3 is 0 Å². The lowest BCUT2D eigenvalue weighted by Crippen LogP contribution is -2.44. The number of aromatic hydroxyl groups is 1. The zero-order valence-corrected chi connectivity index (χ0v) is 24.3. The van der Waals surface area contributed by atoms with E-state index in [1.54, 1.807) is 0 Å². The second-order valence-electron chi connectivity index (χ2n) is 10.6. The van der Waals surface area contributed by atoms with Gasteiger partial charge in [0, 0.05) is 56.2 Å². The number of phenolic OH excluding ortho intramolecular Hbond substituents is 1. The molecular formula is C33H49N3O2. The molecule has 5 heteroatoms. The van der Waals surface area contributed by atoms with E-state index >= 15 is 0 Å². The minimum absolute atomic E-state index is 0.374. The number of aliphatic hydroxyl groups is 1. The van der Waals surface area contributed by atoms with Crippen molar-refractivity contribution in [3.05, 3.63) is 64.7 Å². The van der Waals surface area contributed by atoms with Crippen LogP contribution in [-0.2, 0) is 13.1 Å². The van der Waals surface area contributed by atoms with Gasteiger partial charge in [0.2, 0.25) is 0 Å². The highest BCUT2D eigenvalue weighted by Gasteiger charge is 2.30. The normalized spacial score (nSPS) is 18.4. The molecule has 2 aromatic carbocycles. The Bertz CT molecular complexity index is 1040. The lowest BCUT2D eigenvalue weighted by atomic mass is 9.91. The van der Waals surface area contributed by atoms with Crippen LogP contribution in [0.5, 0.6) is 5.75 Å². The molecule has 2 fully saturated rings. The van der Waals surface area contributed by atoms with Crippen molar-refractivity contribution in [1.29, 1.82) is 0 Å². The van der Waals surface area contributed by atoms with Crippen LogP contribution < -0.4 is 0 Å². The van der Waals surface area contributed by atoms with Crippen LogP contribution in [0.4, 0.5) is 0 Å². The molecule has 0 spiro atoms. The summed E-state index contributed by atoms with van der Waals surface area (Å²) in [6.45, 7) is 18.1. The summed E-state index contributed by atoms with van der Waals surface area (Å²) in [5.41, 5.74) is 3.01. The van der Waals surface area contributed by atoms with Gasteiger partial charge in [-0.15, -0.1) is 0 Å². The Hall–Kier alpha value is -2.36. The van der Waals surface area contributed by atoms with E-state index in [1.165, 1.54) is 18.4 Å². The SMILES string of the molecule is CC.CCN(CC)C1CCN(Cc2cc(C#CC3(O)CCN(Cc4ccccc4)CC3)cc(C)c2O)CC1. The summed E-state index contributed by atoms with van der Waals surface area (Å²) in [6.07, 6.45) is 3.65. The van der Waals surface area contributed by atoms with Crippen LogP contribution in [0.15, 0.2) is 42.5 Å². The fourth-order valence-electron chi connectivity index (χ4n) is 5.70. The highest BCUT2D eigenvalue weighted by atomic mass is 16.3. The molecule has 0 aromatic heterocycles. The minimum atomic E-state index is -0.953. The van der Waals surface area contributed by atoms with Crippen LogP contribution >= 0.6 is 0 Å². The molecular weight excluding hydrogens is 470 g/mol. The fourth-order valence-corrected chi connectivity index (χ4v) is 5.70. The summed E-state index contributed by atoms with van der Waals surface area (Å²) in [5, 5.41) is 21.9. The number of rotatable bonds is 7. The van der Waals surface area contributed by atoms with Gasteiger partial charge in [-0.25, -0.2) is 0 Å². The van der Waals surface area contributed by atoms with E-state index in [4.69, 9.17) is 0 Å². The fraction of sp³-hybridized carbons (Fsp3) is 0.576. The van der Waals surface area contributed by atoms with Crippen molar-refractivity contribution in [2.75, 3.05) is 39.3 Å². The number of phenols is 1. The third-order valence-electron chi connectivity index (χ3n) is 8.03. The first-order valence-corrected chi connectivity index (χ1v) is 14.7. The number of benzene rings is 2. The quantitative estimate of drug-likeness (QED) is 0.479. The summed E-state index contributed by atoms with van der Waals surface area (Å²) in [4.78, 5) is 7.39. The van der Waals surface area contributed by atoms with Crippen LogP contribution in [0.2, 0.25) is 0 Å². The maximum atomic E-state index is 11.1. The largest absolute Gasteiger partial charge is 0.507 e. The Morgan fingerprint density at radius 1 is 0.921 bits per heavy atom. The predicted molar refractivity (Wildman–Crippen MR) is 158 cm³/mol. The smallest absolute Gasteiger partial charge is 0.128 e. The summed E-state index contributed by atoms with van der Waals surface area (Å²) in [5.74, 6) is 6.81. The first-order valence-electron chi connectivity index (χ1n) is 14.7. The summed E-state index contributed by atoms with van der Waals surface area (Å²) in [7, 11) is 0. The van der Waals surface area contributed by atoms with E-state index in [-0.39, 0.29) is 0 Å². The van der Waals surface area contributed by atoms with Crippen molar-refractivity contribution in [2.24, 2.45) is 0 Å². The zero-order chi connectivity index (χ0) is 27.5. The molecule has 0 atom stereocenters. The maximum Gasteiger partial charge on any atom is 0.128 e. The van der Waals surface area contributed by atoms with E-state index < -0.39 is 5.60 Å². The Balaban J connectivity index is 0.00000195. The standard InChI is InChI=1S/C31H43N3O2.C2H6/c1-4-34(5-2)29-12-17-32(18-13-29)24-28-22-27(21-25(3)30(28)35)11-14-31(36)15-19-33(20-16-31)23-26-9-7-6-8-10-26;1-2/h6-10,21-22,29,35-36H,4-5,12-13,15-20,23-24H2,1-3H3;1-2H3. The first-order chi connectivity index (χ1) is 18.4.